The Balaban J connectivity index is 1.34. The first-order chi connectivity index (χ1) is 16.4. The van der Waals surface area contributed by atoms with E-state index in [1.165, 1.54) is 62.5 Å². The first-order valence-electron chi connectivity index (χ1n) is 13.7. The van der Waals surface area contributed by atoms with Crippen molar-refractivity contribution in [2.45, 2.75) is 109 Å². The summed E-state index contributed by atoms with van der Waals surface area (Å²) in [6, 6.07) is 15.1. The Morgan fingerprint density at radius 1 is 0.706 bits per heavy atom. The number of alkyl halides is 2. The lowest BCUT2D eigenvalue weighted by molar-refractivity contribution is -0.272. The average molecular weight is 469 g/mol. The lowest BCUT2D eigenvalue weighted by Crippen LogP contribution is -2.20. The minimum absolute atomic E-state index is 0.0605. The fourth-order valence-electron chi connectivity index (χ4n) is 6.15. The van der Waals surface area contributed by atoms with E-state index in [0.717, 1.165) is 30.2 Å². The minimum atomic E-state index is -3.31. The van der Waals surface area contributed by atoms with Gasteiger partial charge in [-0.15, -0.1) is 0 Å². The minimum Gasteiger partial charge on any atom is -0.309 e. The standard InChI is InChI=1S/C31H42F2O/c1-4-23-6-10-26(11-7-23)28-16-14-25(15-17-28)22(3)34-31(32,33)30-20-18-29(19-21-30)27-12-8-24(5-2)9-13-27/h14-24,26-27H,4-13H2,1-3H3. The molecular weight excluding hydrogens is 426 g/mol. The maximum atomic E-state index is 15.0. The molecule has 0 heterocycles. The third-order valence-corrected chi connectivity index (χ3v) is 8.77. The van der Waals surface area contributed by atoms with Crippen LogP contribution < -0.4 is 0 Å². The van der Waals surface area contributed by atoms with Gasteiger partial charge in [0.15, 0.2) is 0 Å². The molecule has 1 unspecified atom stereocenters. The number of halogens is 2. The number of rotatable bonds is 8. The number of ether oxygens (including phenoxy) is 1. The predicted octanol–water partition coefficient (Wildman–Crippen LogP) is 9.88. The van der Waals surface area contributed by atoms with Crippen LogP contribution in [0, 0.1) is 11.8 Å². The maximum Gasteiger partial charge on any atom is 0.383 e. The van der Waals surface area contributed by atoms with E-state index >= 15 is 0 Å². The molecule has 2 aliphatic rings. The Labute approximate surface area is 205 Å². The van der Waals surface area contributed by atoms with Crippen molar-refractivity contribution in [2.75, 3.05) is 0 Å². The van der Waals surface area contributed by atoms with Gasteiger partial charge in [-0.3, -0.25) is 0 Å². The second-order valence-electron chi connectivity index (χ2n) is 10.8. The Kier molecular flexibility index (Phi) is 8.45. The first-order valence-corrected chi connectivity index (χ1v) is 13.7. The Bertz CT molecular complexity index is 873. The highest BCUT2D eigenvalue weighted by atomic mass is 19.3. The molecular formula is C31H42F2O. The molecule has 186 valence electrons. The summed E-state index contributed by atoms with van der Waals surface area (Å²) in [5, 5.41) is 0. The Hall–Kier alpha value is -1.74. The Morgan fingerprint density at radius 2 is 1.12 bits per heavy atom. The highest BCUT2D eigenvalue weighted by Gasteiger charge is 2.35. The molecule has 0 aromatic heterocycles. The molecule has 0 spiro atoms. The molecule has 0 N–H and O–H groups in total. The van der Waals surface area contributed by atoms with E-state index in [9.17, 15) is 8.78 Å². The molecule has 1 nitrogen and oxygen atoms in total. The van der Waals surface area contributed by atoms with Crippen molar-refractivity contribution < 1.29 is 13.5 Å². The number of benzene rings is 2. The van der Waals surface area contributed by atoms with Crippen molar-refractivity contribution in [2.24, 2.45) is 11.8 Å². The zero-order valence-electron chi connectivity index (χ0n) is 21.2. The van der Waals surface area contributed by atoms with Crippen molar-refractivity contribution in [3.8, 4) is 0 Å². The zero-order valence-corrected chi connectivity index (χ0v) is 21.2. The summed E-state index contributed by atoms with van der Waals surface area (Å²) in [4.78, 5) is 0. The van der Waals surface area contributed by atoms with E-state index in [2.05, 4.69) is 26.0 Å². The molecule has 2 fully saturated rings. The van der Waals surface area contributed by atoms with Crippen LogP contribution in [0.5, 0.6) is 0 Å². The molecule has 0 bridgehead atoms. The third-order valence-electron chi connectivity index (χ3n) is 8.77. The summed E-state index contributed by atoms with van der Waals surface area (Å²) in [7, 11) is 0. The van der Waals surface area contributed by atoms with Gasteiger partial charge < -0.3 is 4.74 Å². The molecule has 2 aliphatic carbocycles. The van der Waals surface area contributed by atoms with Crippen molar-refractivity contribution in [3.63, 3.8) is 0 Å². The lowest BCUT2D eigenvalue weighted by atomic mass is 9.78. The lowest BCUT2D eigenvalue weighted by Gasteiger charge is -2.29. The summed E-state index contributed by atoms with van der Waals surface area (Å²) >= 11 is 0. The zero-order chi connectivity index (χ0) is 24.1. The highest BCUT2D eigenvalue weighted by Crippen LogP contribution is 2.40. The molecule has 34 heavy (non-hydrogen) atoms. The van der Waals surface area contributed by atoms with E-state index in [-0.39, 0.29) is 5.56 Å². The Morgan fingerprint density at radius 3 is 1.53 bits per heavy atom. The average Bonchev–Trinajstić information content (AvgIpc) is 2.89. The van der Waals surface area contributed by atoms with Gasteiger partial charge >= 0.3 is 6.11 Å². The summed E-state index contributed by atoms with van der Waals surface area (Å²) < 4.78 is 35.3. The van der Waals surface area contributed by atoms with Gasteiger partial charge in [-0.05, 0) is 98.7 Å². The fraction of sp³-hybridized carbons (Fsp3) is 0.613. The molecule has 0 radical (unpaired) electrons. The van der Waals surface area contributed by atoms with Crippen LogP contribution in [0.2, 0.25) is 0 Å². The second-order valence-corrected chi connectivity index (χ2v) is 10.8. The van der Waals surface area contributed by atoms with E-state index in [1.54, 1.807) is 19.1 Å². The highest BCUT2D eigenvalue weighted by molar-refractivity contribution is 5.29. The molecule has 0 saturated heterocycles. The van der Waals surface area contributed by atoms with E-state index in [4.69, 9.17) is 4.74 Å². The topological polar surface area (TPSA) is 9.23 Å². The maximum absolute atomic E-state index is 15.0. The van der Waals surface area contributed by atoms with Gasteiger partial charge in [-0.2, -0.15) is 8.78 Å². The SMILES string of the molecule is CCC1CCC(c2ccc(C(C)OC(F)(F)c3ccc(C4CCC(CC)CC4)cc3)cc2)CC1. The van der Waals surface area contributed by atoms with E-state index < -0.39 is 12.2 Å². The van der Waals surface area contributed by atoms with Crippen LogP contribution in [-0.4, -0.2) is 0 Å². The fourth-order valence-corrected chi connectivity index (χ4v) is 6.15. The smallest absolute Gasteiger partial charge is 0.309 e. The number of hydrogen-bond donors (Lipinski definition) is 0. The van der Waals surface area contributed by atoms with Crippen molar-refractivity contribution >= 4 is 0 Å². The normalized spacial score (nSPS) is 26.9. The van der Waals surface area contributed by atoms with Gasteiger partial charge in [0.25, 0.3) is 0 Å². The van der Waals surface area contributed by atoms with Gasteiger partial charge in [0.1, 0.15) is 0 Å². The van der Waals surface area contributed by atoms with Crippen LogP contribution in [0.4, 0.5) is 8.78 Å². The monoisotopic (exact) mass is 468 g/mol. The van der Waals surface area contributed by atoms with Crippen LogP contribution >= 0.6 is 0 Å². The molecule has 0 aliphatic heterocycles. The molecule has 4 rings (SSSR count). The largest absolute Gasteiger partial charge is 0.383 e. The summed E-state index contributed by atoms with van der Waals surface area (Å²) in [5.74, 6) is 2.81. The third kappa shape index (κ3) is 6.08. The van der Waals surface area contributed by atoms with Gasteiger partial charge in [0.2, 0.25) is 0 Å². The molecule has 2 aromatic rings. The van der Waals surface area contributed by atoms with Crippen molar-refractivity contribution in [1.82, 2.24) is 0 Å². The van der Waals surface area contributed by atoms with Crippen LogP contribution in [0.1, 0.15) is 125 Å². The summed E-state index contributed by atoms with van der Waals surface area (Å²) in [5.41, 5.74) is 3.26. The molecule has 2 saturated carbocycles. The second kappa shape index (κ2) is 11.3. The first kappa shape index (κ1) is 25.4. The van der Waals surface area contributed by atoms with Crippen LogP contribution in [-0.2, 0) is 10.8 Å². The van der Waals surface area contributed by atoms with Gasteiger partial charge in [-0.1, -0.05) is 75.2 Å². The quantitative estimate of drug-likeness (QED) is 0.374. The molecule has 2 aromatic carbocycles. The molecule has 3 heteroatoms. The van der Waals surface area contributed by atoms with Crippen LogP contribution in [0.15, 0.2) is 48.5 Å². The van der Waals surface area contributed by atoms with Crippen LogP contribution in [0.3, 0.4) is 0 Å². The summed E-state index contributed by atoms with van der Waals surface area (Å²) in [6.07, 6.45) is 8.43. The number of hydrogen-bond acceptors (Lipinski definition) is 1. The van der Waals surface area contributed by atoms with Gasteiger partial charge in [-0.25, -0.2) is 0 Å². The predicted molar refractivity (Wildman–Crippen MR) is 136 cm³/mol. The molecule has 0 amide bonds. The summed E-state index contributed by atoms with van der Waals surface area (Å²) in [6.45, 7) is 6.26. The van der Waals surface area contributed by atoms with Crippen LogP contribution in [0.25, 0.3) is 0 Å². The molecule has 1 atom stereocenters. The van der Waals surface area contributed by atoms with Gasteiger partial charge in [0.05, 0.1) is 11.7 Å². The van der Waals surface area contributed by atoms with Gasteiger partial charge in [0, 0.05) is 0 Å². The van der Waals surface area contributed by atoms with Crippen molar-refractivity contribution in [1.29, 1.82) is 0 Å². The van der Waals surface area contributed by atoms with E-state index in [1.807, 2.05) is 24.3 Å². The van der Waals surface area contributed by atoms with Crippen molar-refractivity contribution in [3.05, 3.63) is 70.8 Å². The van der Waals surface area contributed by atoms with E-state index in [0.29, 0.717) is 11.8 Å².